The normalized spacial score (nSPS) is 17.5. The van der Waals surface area contributed by atoms with E-state index in [1.54, 1.807) is 39.1 Å². The van der Waals surface area contributed by atoms with E-state index in [4.69, 9.17) is 14.7 Å². The third-order valence-corrected chi connectivity index (χ3v) is 7.56. The van der Waals surface area contributed by atoms with Gasteiger partial charge in [0.2, 0.25) is 0 Å². The Balaban J connectivity index is 1.67. The zero-order chi connectivity index (χ0) is 29.5. The highest BCUT2D eigenvalue weighted by atomic mass is 19.1. The molecule has 0 radical (unpaired) electrons. The van der Waals surface area contributed by atoms with Crippen molar-refractivity contribution in [3.63, 3.8) is 0 Å². The second-order valence-corrected chi connectivity index (χ2v) is 11.6. The summed E-state index contributed by atoms with van der Waals surface area (Å²) < 4.78 is 23.6. The van der Waals surface area contributed by atoms with E-state index in [-0.39, 0.29) is 5.92 Å². The summed E-state index contributed by atoms with van der Waals surface area (Å²) in [6, 6.07) is 8.94. The number of pyridine rings is 1. The average Bonchev–Trinajstić information content (AvgIpc) is 3.24. The fraction of sp³-hybridized carbons (Fsp3) is 0.333. The topological polar surface area (TPSA) is 81.4 Å². The molecule has 0 spiro atoms. The first-order valence-corrected chi connectivity index (χ1v) is 13.9. The van der Waals surface area contributed by atoms with E-state index in [1.807, 2.05) is 48.8 Å². The number of nitrogens with one attached hydrogen (secondary N) is 1. The molecule has 1 saturated carbocycles. The van der Waals surface area contributed by atoms with Crippen molar-refractivity contribution in [1.29, 1.82) is 0 Å². The van der Waals surface area contributed by atoms with E-state index >= 15 is 4.39 Å². The van der Waals surface area contributed by atoms with Crippen molar-refractivity contribution in [2.24, 2.45) is 4.99 Å². The molecule has 0 saturated heterocycles. The molecule has 1 atom stereocenters. The molecular formula is C33H36FN5O2. The molecule has 41 heavy (non-hydrogen) atoms. The van der Waals surface area contributed by atoms with Gasteiger partial charge in [-0.15, -0.1) is 0 Å². The van der Waals surface area contributed by atoms with E-state index in [1.165, 1.54) is 6.07 Å². The predicted octanol–water partition coefficient (Wildman–Crippen LogP) is 7.94. The molecule has 5 rings (SSSR count). The molecule has 2 aromatic heterocycles. The van der Waals surface area contributed by atoms with Crippen LogP contribution < -0.4 is 5.32 Å². The van der Waals surface area contributed by atoms with Crippen LogP contribution in [0.4, 0.5) is 15.0 Å². The first kappa shape index (κ1) is 28.2. The van der Waals surface area contributed by atoms with Crippen LogP contribution in [0.3, 0.4) is 0 Å². The van der Waals surface area contributed by atoms with Crippen LogP contribution in [0, 0.1) is 5.82 Å². The first-order chi connectivity index (χ1) is 19.5. The van der Waals surface area contributed by atoms with Crippen LogP contribution in [-0.2, 0) is 10.3 Å². The molecule has 1 unspecified atom stereocenters. The zero-order valence-corrected chi connectivity index (χ0v) is 24.3. The number of amides is 1. The van der Waals surface area contributed by atoms with Gasteiger partial charge in [0.05, 0.1) is 34.2 Å². The fourth-order valence-electron chi connectivity index (χ4n) is 5.51. The number of imidazole rings is 1. The fourth-order valence-corrected chi connectivity index (χ4v) is 5.51. The molecule has 1 aromatic carbocycles. The lowest BCUT2D eigenvalue weighted by Gasteiger charge is -2.43. The lowest BCUT2D eigenvalue weighted by Crippen LogP contribution is -2.52. The summed E-state index contributed by atoms with van der Waals surface area (Å²) in [6.07, 6.45) is 8.80. The Morgan fingerprint density at radius 2 is 2.02 bits per heavy atom. The van der Waals surface area contributed by atoms with Gasteiger partial charge >= 0.3 is 6.09 Å². The molecule has 8 heteroatoms. The van der Waals surface area contributed by atoms with Crippen LogP contribution in [0.25, 0.3) is 22.5 Å². The number of rotatable bonds is 6. The maximum Gasteiger partial charge on any atom is 0.408 e. The molecule has 2 aliphatic rings. The van der Waals surface area contributed by atoms with Gasteiger partial charge < -0.3 is 10.1 Å². The second kappa shape index (κ2) is 10.6. The number of carbonyl (C=O) groups is 1. The van der Waals surface area contributed by atoms with Gasteiger partial charge in [0.25, 0.3) is 0 Å². The van der Waals surface area contributed by atoms with Crippen LogP contribution in [-0.4, -0.2) is 31.9 Å². The van der Waals surface area contributed by atoms with Gasteiger partial charge in [0.1, 0.15) is 17.2 Å². The maximum atomic E-state index is 16.1. The molecule has 212 valence electrons. The number of ether oxygens (including phenoxy) is 1. The lowest BCUT2D eigenvalue weighted by molar-refractivity contribution is 0.0373. The molecule has 1 aliphatic carbocycles. The van der Waals surface area contributed by atoms with Gasteiger partial charge in [-0.1, -0.05) is 37.4 Å². The van der Waals surface area contributed by atoms with E-state index in [0.717, 1.165) is 23.6 Å². The highest BCUT2D eigenvalue weighted by molar-refractivity contribution is 6.02. The van der Waals surface area contributed by atoms with Gasteiger partial charge in [0, 0.05) is 17.3 Å². The Morgan fingerprint density at radius 1 is 1.27 bits per heavy atom. The number of allylic oxidation sites excluding steroid dienone is 4. The van der Waals surface area contributed by atoms with Gasteiger partial charge in [-0.05, 0) is 83.7 Å². The molecule has 3 heterocycles. The van der Waals surface area contributed by atoms with Gasteiger partial charge in [-0.3, -0.25) is 4.57 Å². The monoisotopic (exact) mass is 553 g/mol. The molecule has 1 amide bonds. The number of halogens is 1. The van der Waals surface area contributed by atoms with E-state index < -0.39 is 23.1 Å². The number of alkyl carbamates (subject to hydrolysis) is 1. The van der Waals surface area contributed by atoms with Crippen LogP contribution in [0.5, 0.6) is 0 Å². The van der Waals surface area contributed by atoms with Crippen molar-refractivity contribution < 1.29 is 13.9 Å². The van der Waals surface area contributed by atoms with Crippen LogP contribution in [0.15, 0.2) is 72.9 Å². The van der Waals surface area contributed by atoms with Crippen LogP contribution in [0.2, 0.25) is 0 Å². The van der Waals surface area contributed by atoms with Gasteiger partial charge in [0.15, 0.2) is 5.82 Å². The Morgan fingerprint density at radius 3 is 2.63 bits per heavy atom. The summed E-state index contributed by atoms with van der Waals surface area (Å²) in [5, 5.41) is 2.96. The van der Waals surface area contributed by atoms with Gasteiger partial charge in [-0.2, -0.15) is 0 Å². The number of hydrogen-bond acceptors (Lipinski definition) is 5. The zero-order valence-electron chi connectivity index (χ0n) is 24.3. The Labute approximate surface area is 240 Å². The summed E-state index contributed by atoms with van der Waals surface area (Å²) in [6.45, 7) is 17.6. The number of nitrogens with zero attached hydrogens (tertiary/aromatic N) is 4. The molecule has 1 fully saturated rings. The molecule has 1 aliphatic heterocycles. The number of carbonyl (C=O) groups excluding carboxylic acids is 1. The minimum absolute atomic E-state index is 0.201. The number of hydrogen-bond donors (Lipinski definition) is 1. The lowest BCUT2D eigenvalue weighted by atomic mass is 9.71. The second-order valence-electron chi connectivity index (χ2n) is 11.6. The van der Waals surface area contributed by atoms with E-state index in [2.05, 4.69) is 23.5 Å². The minimum Gasteiger partial charge on any atom is -0.444 e. The predicted molar refractivity (Wildman–Crippen MR) is 161 cm³/mol. The van der Waals surface area contributed by atoms with Crippen molar-refractivity contribution in [2.75, 3.05) is 0 Å². The summed E-state index contributed by atoms with van der Waals surface area (Å²) in [5.41, 5.74) is 3.11. The SMILES string of the molecule is C=CC1=Nc2ncccc2-n2c(nc(C(=C)C=CC)c2-c2ccc(C3(NC(=O)OC(C)(C)C)CCC3)c(F)c2)C1C. The Hall–Kier alpha value is -4.33. The third kappa shape index (κ3) is 5.14. The maximum absolute atomic E-state index is 16.1. The number of aliphatic imine (C=N–C) groups is 1. The van der Waals surface area contributed by atoms with Crippen molar-refractivity contribution in [3.05, 3.63) is 90.8 Å². The van der Waals surface area contributed by atoms with Crippen molar-refractivity contribution in [2.45, 2.75) is 70.9 Å². The molecule has 1 N–H and O–H groups in total. The minimum atomic E-state index is -0.811. The van der Waals surface area contributed by atoms with Crippen molar-refractivity contribution in [1.82, 2.24) is 19.9 Å². The highest BCUT2D eigenvalue weighted by Gasteiger charge is 2.43. The van der Waals surface area contributed by atoms with Crippen LogP contribution in [0.1, 0.15) is 76.9 Å². The highest BCUT2D eigenvalue weighted by Crippen LogP contribution is 2.45. The molecule has 0 bridgehead atoms. The number of fused-ring (bicyclic) bond motifs is 3. The number of benzene rings is 1. The first-order valence-electron chi connectivity index (χ1n) is 13.9. The molecule has 3 aromatic rings. The van der Waals surface area contributed by atoms with Gasteiger partial charge in [-0.25, -0.2) is 24.1 Å². The standard InChI is InChI=1S/C33H36FN5O2/c1-8-12-20(3)27-28(39-26-13-10-18-35-29(26)36-25(9-2)21(4)30(39)37-27)22-14-15-23(24(34)19-22)33(16-11-17-33)38-31(40)41-32(5,6)7/h8-10,12-15,18-19,21H,2-3,11,16-17H2,1,4-7H3,(H,38,40). The Kier molecular flexibility index (Phi) is 7.28. The summed E-state index contributed by atoms with van der Waals surface area (Å²) in [4.78, 5) is 27.0. The molecular weight excluding hydrogens is 517 g/mol. The third-order valence-electron chi connectivity index (χ3n) is 7.56. The quantitative estimate of drug-likeness (QED) is 0.314. The largest absolute Gasteiger partial charge is 0.444 e. The van der Waals surface area contributed by atoms with Crippen molar-refractivity contribution >= 4 is 23.2 Å². The average molecular weight is 554 g/mol. The van der Waals surface area contributed by atoms with E-state index in [9.17, 15) is 4.79 Å². The van der Waals surface area contributed by atoms with Crippen molar-refractivity contribution in [3.8, 4) is 16.9 Å². The smallest absolute Gasteiger partial charge is 0.408 e. The summed E-state index contributed by atoms with van der Waals surface area (Å²) >= 11 is 0. The van der Waals surface area contributed by atoms with E-state index in [0.29, 0.717) is 46.7 Å². The molecule has 7 nitrogen and oxygen atoms in total. The summed E-state index contributed by atoms with van der Waals surface area (Å²) in [7, 11) is 0. The summed E-state index contributed by atoms with van der Waals surface area (Å²) in [5.74, 6) is 0.653. The van der Waals surface area contributed by atoms with Crippen LogP contribution >= 0.6 is 0 Å². The Bertz CT molecular complexity index is 1600. The number of aromatic nitrogens is 3.